The van der Waals surface area contributed by atoms with Crippen LogP contribution in [0.2, 0.25) is 0 Å². The summed E-state index contributed by atoms with van der Waals surface area (Å²) in [6, 6.07) is 0.400. The van der Waals surface area contributed by atoms with Gasteiger partial charge >= 0.3 is 0 Å². The Kier molecular flexibility index (Phi) is 6.05. The van der Waals surface area contributed by atoms with Crippen molar-refractivity contribution in [3.05, 3.63) is 0 Å². The molecule has 5 nitrogen and oxygen atoms in total. The molecule has 1 aliphatic heterocycles. The lowest BCUT2D eigenvalue weighted by Crippen LogP contribution is -2.52. The first-order valence-corrected chi connectivity index (χ1v) is 9.87. The first-order valence-electron chi connectivity index (χ1n) is 8.47. The molecule has 0 spiro atoms. The van der Waals surface area contributed by atoms with Crippen LogP contribution in [0.15, 0.2) is 0 Å². The van der Waals surface area contributed by atoms with Gasteiger partial charge in [-0.15, -0.1) is 0 Å². The molecule has 0 radical (unpaired) electrons. The highest BCUT2D eigenvalue weighted by molar-refractivity contribution is 7.86. The maximum absolute atomic E-state index is 13.0. The van der Waals surface area contributed by atoms with Crippen LogP contribution in [0.25, 0.3) is 0 Å². The van der Waals surface area contributed by atoms with Gasteiger partial charge in [0.25, 0.3) is 10.2 Å². The zero-order valence-corrected chi connectivity index (χ0v) is 14.3. The minimum atomic E-state index is -3.30. The van der Waals surface area contributed by atoms with Gasteiger partial charge in [0.1, 0.15) is 0 Å². The summed E-state index contributed by atoms with van der Waals surface area (Å²) in [5.74, 6) is 0.642. The molecule has 0 bridgehead atoms. The molecule has 2 N–H and O–H groups in total. The maximum atomic E-state index is 13.0. The van der Waals surface area contributed by atoms with Crippen LogP contribution in [-0.2, 0) is 10.2 Å². The average molecular weight is 317 g/mol. The largest absolute Gasteiger partial charge is 0.328 e. The summed E-state index contributed by atoms with van der Waals surface area (Å²) in [6.07, 6.45) is 6.53. The van der Waals surface area contributed by atoms with Gasteiger partial charge in [0, 0.05) is 31.7 Å². The van der Waals surface area contributed by atoms with E-state index in [0.29, 0.717) is 25.6 Å². The van der Waals surface area contributed by atoms with Crippen molar-refractivity contribution in [2.24, 2.45) is 11.7 Å². The van der Waals surface area contributed by atoms with Crippen molar-refractivity contribution < 1.29 is 8.42 Å². The lowest BCUT2D eigenvalue weighted by molar-refractivity contribution is 0.209. The highest BCUT2D eigenvalue weighted by Gasteiger charge is 2.36. The molecule has 124 valence electrons. The smallest absolute Gasteiger partial charge is 0.282 e. The van der Waals surface area contributed by atoms with Crippen LogP contribution in [-0.4, -0.2) is 48.7 Å². The fourth-order valence-corrected chi connectivity index (χ4v) is 5.43. The zero-order valence-electron chi connectivity index (χ0n) is 13.5. The highest BCUT2D eigenvalue weighted by Crippen LogP contribution is 2.28. The van der Waals surface area contributed by atoms with Crippen LogP contribution in [0, 0.1) is 5.92 Å². The van der Waals surface area contributed by atoms with Crippen LogP contribution in [0.4, 0.5) is 0 Å². The number of nitrogens with zero attached hydrogens (tertiary/aromatic N) is 2. The predicted octanol–water partition coefficient (Wildman–Crippen LogP) is 1.95. The average Bonchev–Trinajstić information content (AvgIpc) is 2.46. The normalized spacial score (nSPS) is 29.9. The van der Waals surface area contributed by atoms with Crippen molar-refractivity contribution in [2.45, 2.75) is 70.9 Å². The summed E-state index contributed by atoms with van der Waals surface area (Å²) < 4.78 is 29.4. The molecule has 6 heteroatoms. The van der Waals surface area contributed by atoms with Crippen LogP contribution in [0.3, 0.4) is 0 Å². The highest BCUT2D eigenvalue weighted by atomic mass is 32.2. The minimum absolute atomic E-state index is 0.147. The van der Waals surface area contributed by atoms with Gasteiger partial charge in [-0.1, -0.05) is 13.8 Å². The van der Waals surface area contributed by atoms with E-state index in [1.165, 1.54) is 0 Å². The second kappa shape index (κ2) is 7.40. The number of rotatable bonds is 5. The third-order valence-electron chi connectivity index (χ3n) is 4.96. The van der Waals surface area contributed by atoms with Crippen LogP contribution >= 0.6 is 0 Å². The van der Waals surface area contributed by atoms with Crippen molar-refractivity contribution in [3.8, 4) is 0 Å². The van der Waals surface area contributed by atoms with E-state index < -0.39 is 10.2 Å². The Labute approximate surface area is 130 Å². The molecule has 0 unspecified atom stereocenters. The van der Waals surface area contributed by atoms with Crippen molar-refractivity contribution >= 4 is 10.2 Å². The molecule has 2 fully saturated rings. The maximum Gasteiger partial charge on any atom is 0.282 e. The molecular formula is C15H31N3O2S. The SMILES string of the molecule is CCCN(C1CCC(N)CC1)S(=O)(=O)N1CCC(C)CC1. The summed E-state index contributed by atoms with van der Waals surface area (Å²) in [7, 11) is -3.30. The van der Waals surface area contributed by atoms with Gasteiger partial charge in [0.15, 0.2) is 0 Å². The fraction of sp³-hybridized carbons (Fsp3) is 1.00. The van der Waals surface area contributed by atoms with Crippen molar-refractivity contribution in [1.29, 1.82) is 0 Å². The molecule has 1 heterocycles. The predicted molar refractivity (Wildman–Crippen MR) is 86.1 cm³/mol. The summed E-state index contributed by atoms with van der Waals surface area (Å²) in [5.41, 5.74) is 5.96. The molecule has 1 saturated heterocycles. The fourth-order valence-electron chi connectivity index (χ4n) is 3.46. The van der Waals surface area contributed by atoms with Crippen molar-refractivity contribution in [1.82, 2.24) is 8.61 Å². The van der Waals surface area contributed by atoms with Gasteiger partial charge in [-0.3, -0.25) is 0 Å². The van der Waals surface area contributed by atoms with Crippen LogP contribution in [0.5, 0.6) is 0 Å². The van der Waals surface area contributed by atoms with Crippen LogP contribution < -0.4 is 5.73 Å². The third-order valence-corrected chi connectivity index (χ3v) is 7.05. The standard InChI is InChI=1S/C15H31N3O2S/c1-3-10-18(15-6-4-14(16)5-7-15)21(19,20)17-11-8-13(2)9-12-17/h13-15H,3-12,16H2,1-2H3. The van der Waals surface area contributed by atoms with Gasteiger partial charge in [-0.25, -0.2) is 0 Å². The topological polar surface area (TPSA) is 66.6 Å². The second-order valence-corrected chi connectivity index (χ2v) is 8.65. The molecule has 21 heavy (non-hydrogen) atoms. The van der Waals surface area contributed by atoms with E-state index >= 15 is 0 Å². The third kappa shape index (κ3) is 4.18. The van der Waals surface area contributed by atoms with Gasteiger partial charge in [0.2, 0.25) is 0 Å². The second-order valence-electron chi connectivity index (χ2n) is 6.77. The molecule has 0 aromatic heterocycles. The molecule has 2 rings (SSSR count). The Morgan fingerprint density at radius 2 is 1.67 bits per heavy atom. The summed E-state index contributed by atoms with van der Waals surface area (Å²) in [4.78, 5) is 0. The summed E-state index contributed by atoms with van der Waals surface area (Å²) in [6.45, 7) is 6.24. The Bertz CT molecular complexity index is 411. The molecule has 0 aromatic rings. The Morgan fingerprint density at radius 1 is 1.10 bits per heavy atom. The molecule has 1 saturated carbocycles. The van der Waals surface area contributed by atoms with Gasteiger partial charge < -0.3 is 5.73 Å². The summed E-state index contributed by atoms with van der Waals surface area (Å²) in [5, 5.41) is 0. The van der Waals surface area contributed by atoms with Gasteiger partial charge in [0.05, 0.1) is 0 Å². The number of hydrogen-bond acceptors (Lipinski definition) is 3. The van der Waals surface area contributed by atoms with Gasteiger partial charge in [-0.2, -0.15) is 17.0 Å². The van der Waals surface area contributed by atoms with E-state index in [9.17, 15) is 8.42 Å². The Hall–Kier alpha value is -0.170. The lowest BCUT2D eigenvalue weighted by atomic mass is 9.92. The van der Waals surface area contributed by atoms with E-state index in [4.69, 9.17) is 5.73 Å². The summed E-state index contributed by atoms with van der Waals surface area (Å²) >= 11 is 0. The lowest BCUT2D eigenvalue weighted by Gasteiger charge is -2.39. The monoisotopic (exact) mass is 317 g/mol. The van der Waals surface area contributed by atoms with E-state index in [1.807, 2.05) is 0 Å². The number of hydrogen-bond donors (Lipinski definition) is 1. The van der Waals surface area contributed by atoms with E-state index in [-0.39, 0.29) is 12.1 Å². The van der Waals surface area contributed by atoms with E-state index in [0.717, 1.165) is 44.9 Å². The first-order chi connectivity index (χ1) is 9.95. The molecule has 0 atom stereocenters. The number of nitrogens with two attached hydrogens (primary N) is 1. The quantitative estimate of drug-likeness (QED) is 0.843. The molecule has 0 amide bonds. The van der Waals surface area contributed by atoms with Crippen LogP contribution in [0.1, 0.15) is 58.8 Å². The minimum Gasteiger partial charge on any atom is -0.328 e. The molecule has 1 aliphatic carbocycles. The van der Waals surface area contributed by atoms with E-state index in [1.54, 1.807) is 8.61 Å². The Morgan fingerprint density at radius 3 is 2.19 bits per heavy atom. The molecule has 2 aliphatic rings. The van der Waals surface area contributed by atoms with Crippen molar-refractivity contribution in [3.63, 3.8) is 0 Å². The van der Waals surface area contributed by atoms with Gasteiger partial charge in [-0.05, 0) is 50.9 Å². The zero-order chi connectivity index (χ0) is 15.5. The van der Waals surface area contributed by atoms with E-state index in [2.05, 4.69) is 13.8 Å². The van der Waals surface area contributed by atoms with Crippen molar-refractivity contribution in [2.75, 3.05) is 19.6 Å². The number of piperidine rings is 1. The first kappa shape index (κ1) is 17.2. The molecule has 0 aromatic carbocycles. The molecular weight excluding hydrogens is 286 g/mol. The Balaban J connectivity index is 2.08.